The Kier molecular flexibility index (Phi) is 9.12. The van der Waals surface area contributed by atoms with Gasteiger partial charge in [0.25, 0.3) is 0 Å². The number of unbranched alkanes of at least 4 members (excludes halogenated alkanes) is 3. The number of hydrogen-bond donors (Lipinski definition) is 1. The molecule has 0 bridgehead atoms. The summed E-state index contributed by atoms with van der Waals surface area (Å²) in [6.45, 7) is 11.7. The Morgan fingerprint density at radius 1 is 1.07 bits per heavy atom. The summed E-state index contributed by atoms with van der Waals surface area (Å²) in [6.07, 6.45) is 6.21. The summed E-state index contributed by atoms with van der Waals surface area (Å²) >= 11 is 0. The van der Waals surface area contributed by atoms with Gasteiger partial charge in [0.2, 0.25) is 0 Å². The van der Waals surface area contributed by atoms with Gasteiger partial charge in [-0.15, -0.1) is 0 Å². The third kappa shape index (κ3) is 7.80. The molecule has 1 N–H and O–H groups in total. The summed E-state index contributed by atoms with van der Waals surface area (Å²) in [5, 5.41) is 3.37. The first-order chi connectivity index (χ1) is 7.18. The van der Waals surface area contributed by atoms with E-state index in [1.54, 1.807) is 0 Å². The Bertz CT molecular complexity index is 138. The fraction of sp³-hybridized carbons (Fsp3) is 1.00. The fourth-order valence-electron chi connectivity index (χ4n) is 1.51. The fourth-order valence-corrected chi connectivity index (χ4v) is 1.51. The van der Waals surface area contributed by atoms with Gasteiger partial charge >= 0.3 is 0 Å². The van der Waals surface area contributed by atoms with Crippen LogP contribution in [0.15, 0.2) is 0 Å². The first kappa shape index (κ1) is 14.9. The molecule has 15 heavy (non-hydrogen) atoms. The van der Waals surface area contributed by atoms with Gasteiger partial charge in [0.1, 0.15) is 0 Å². The second-order valence-electron chi connectivity index (χ2n) is 4.49. The predicted octanol–water partition coefficient (Wildman–Crippen LogP) is 3.36. The van der Waals surface area contributed by atoms with E-state index in [0.29, 0.717) is 0 Å². The number of rotatable bonds is 10. The van der Waals surface area contributed by atoms with Crippen LogP contribution in [0.5, 0.6) is 0 Å². The van der Waals surface area contributed by atoms with E-state index in [4.69, 9.17) is 4.74 Å². The van der Waals surface area contributed by atoms with Crippen molar-refractivity contribution in [2.24, 2.45) is 0 Å². The molecule has 0 radical (unpaired) electrons. The summed E-state index contributed by atoms with van der Waals surface area (Å²) in [7, 11) is 0. The van der Waals surface area contributed by atoms with Gasteiger partial charge in [-0.05, 0) is 26.3 Å². The molecule has 0 heterocycles. The zero-order valence-corrected chi connectivity index (χ0v) is 11.1. The average molecular weight is 215 g/mol. The van der Waals surface area contributed by atoms with Gasteiger partial charge in [-0.25, -0.2) is 0 Å². The molecule has 0 rings (SSSR count). The Balaban J connectivity index is 3.58. The maximum absolute atomic E-state index is 5.96. The minimum Gasteiger partial charge on any atom is -0.374 e. The van der Waals surface area contributed by atoms with Crippen molar-refractivity contribution in [2.45, 2.75) is 65.4 Å². The van der Waals surface area contributed by atoms with E-state index >= 15 is 0 Å². The molecule has 0 fully saturated rings. The highest BCUT2D eigenvalue weighted by molar-refractivity contribution is 4.75. The van der Waals surface area contributed by atoms with Crippen molar-refractivity contribution >= 4 is 0 Å². The van der Waals surface area contributed by atoms with Crippen molar-refractivity contribution in [3.8, 4) is 0 Å². The summed E-state index contributed by atoms with van der Waals surface area (Å²) in [6, 6.07) is 0. The Morgan fingerprint density at radius 2 is 1.80 bits per heavy atom. The highest BCUT2D eigenvalue weighted by Crippen LogP contribution is 2.15. The SMILES string of the molecule is CCCCCCOC(C)(CC)CNCC. The molecule has 2 nitrogen and oxygen atoms in total. The summed E-state index contributed by atoms with van der Waals surface area (Å²) in [4.78, 5) is 0. The van der Waals surface area contributed by atoms with Crippen molar-refractivity contribution in [3.63, 3.8) is 0 Å². The standard InChI is InChI=1S/C13H29NO/c1-5-8-9-10-11-15-13(4,6-2)12-14-7-3/h14H,5-12H2,1-4H3. The Morgan fingerprint density at radius 3 is 2.33 bits per heavy atom. The first-order valence-electron chi connectivity index (χ1n) is 6.53. The molecule has 0 aromatic heterocycles. The van der Waals surface area contributed by atoms with Gasteiger partial charge in [-0.2, -0.15) is 0 Å². The number of hydrogen-bond acceptors (Lipinski definition) is 2. The van der Waals surface area contributed by atoms with Gasteiger partial charge in [-0.1, -0.05) is 40.0 Å². The van der Waals surface area contributed by atoms with E-state index in [1.165, 1.54) is 25.7 Å². The molecular formula is C13H29NO. The minimum absolute atomic E-state index is 0.0300. The van der Waals surface area contributed by atoms with Crippen molar-refractivity contribution in [1.82, 2.24) is 5.32 Å². The van der Waals surface area contributed by atoms with Crippen molar-refractivity contribution in [1.29, 1.82) is 0 Å². The van der Waals surface area contributed by atoms with Crippen LogP contribution in [-0.2, 0) is 4.74 Å². The van der Waals surface area contributed by atoms with Crippen LogP contribution in [0.1, 0.15) is 59.8 Å². The van der Waals surface area contributed by atoms with Crippen molar-refractivity contribution in [3.05, 3.63) is 0 Å². The zero-order valence-electron chi connectivity index (χ0n) is 11.1. The summed E-state index contributed by atoms with van der Waals surface area (Å²) in [5.41, 5.74) is 0.0300. The Labute approximate surface area is 95.8 Å². The normalized spacial score (nSPS) is 15.2. The van der Waals surface area contributed by atoms with Crippen LogP contribution >= 0.6 is 0 Å². The molecule has 0 aliphatic heterocycles. The molecule has 0 aromatic carbocycles. The number of ether oxygens (including phenoxy) is 1. The third-order valence-corrected chi connectivity index (χ3v) is 2.95. The van der Waals surface area contributed by atoms with Crippen LogP contribution in [0.3, 0.4) is 0 Å². The predicted molar refractivity (Wildman–Crippen MR) is 67.3 cm³/mol. The van der Waals surface area contributed by atoms with Gasteiger partial charge in [0.15, 0.2) is 0 Å². The van der Waals surface area contributed by atoms with E-state index in [-0.39, 0.29) is 5.60 Å². The molecule has 0 aliphatic rings. The molecule has 1 unspecified atom stereocenters. The lowest BCUT2D eigenvalue weighted by Gasteiger charge is -2.29. The molecule has 2 heteroatoms. The van der Waals surface area contributed by atoms with Crippen LogP contribution in [-0.4, -0.2) is 25.3 Å². The Hall–Kier alpha value is -0.0800. The van der Waals surface area contributed by atoms with E-state index in [2.05, 4.69) is 33.0 Å². The van der Waals surface area contributed by atoms with E-state index in [0.717, 1.165) is 26.1 Å². The van der Waals surface area contributed by atoms with Gasteiger partial charge < -0.3 is 10.1 Å². The number of nitrogens with one attached hydrogen (secondary N) is 1. The highest BCUT2D eigenvalue weighted by Gasteiger charge is 2.21. The second-order valence-corrected chi connectivity index (χ2v) is 4.49. The number of likely N-dealkylation sites (N-methyl/N-ethyl adjacent to an activating group) is 1. The van der Waals surface area contributed by atoms with E-state index in [1.807, 2.05) is 0 Å². The third-order valence-electron chi connectivity index (χ3n) is 2.95. The highest BCUT2D eigenvalue weighted by atomic mass is 16.5. The molecule has 0 aliphatic carbocycles. The monoisotopic (exact) mass is 215 g/mol. The average Bonchev–Trinajstić information content (AvgIpc) is 2.26. The first-order valence-corrected chi connectivity index (χ1v) is 6.53. The zero-order chi connectivity index (χ0) is 11.6. The lowest BCUT2D eigenvalue weighted by atomic mass is 10.0. The second kappa shape index (κ2) is 9.17. The van der Waals surface area contributed by atoms with Gasteiger partial charge in [0.05, 0.1) is 5.60 Å². The van der Waals surface area contributed by atoms with Gasteiger partial charge in [0, 0.05) is 13.2 Å². The van der Waals surface area contributed by atoms with Crippen LogP contribution < -0.4 is 5.32 Å². The lowest BCUT2D eigenvalue weighted by Crippen LogP contribution is -2.40. The largest absolute Gasteiger partial charge is 0.374 e. The maximum atomic E-state index is 5.96. The molecule has 0 saturated heterocycles. The molecule has 0 aromatic rings. The molecule has 92 valence electrons. The van der Waals surface area contributed by atoms with E-state index in [9.17, 15) is 0 Å². The van der Waals surface area contributed by atoms with Crippen LogP contribution in [0.4, 0.5) is 0 Å². The quantitative estimate of drug-likeness (QED) is 0.564. The van der Waals surface area contributed by atoms with E-state index < -0.39 is 0 Å². The molecule has 0 saturated carbocycles. The van der Waals surface area contributed by atoms with Crippen LogP contribution in [0.25, 0.3) is 0 Å². The smallest absolute Gasteiger partial charge is 0.0775 e. The molecule has 0 amide bonds. The lowest BCUT2D eigenvalue weighted by molar-refractivity contribution is -0.0344. The molecule has 1 atom stereocenters. The minimum atomic E-state index is 0.0300. The summed E-state index contributed by atoms with van der Waals surface area (Å²) in [5.74, 6) is 0. The molecular weight excluding hydrogens is 186 g/mol. The maximum Gasteiger partial charge on any atom is 0.0775 e. The van der Waals surface area contributed by atoms with Gasteiger partial charge in [-0.3, -0.25) is 0 Å². The van der Waals surface area contributed by atoms with Crippen LogP contribution in [0.2, 0.25) is 0 Å². The van der Waals surface area contributed by atoms with Crippen molar-refractivity contribution < 1.29 is 4.74 Å². The summed E-state index contributed by atoms with van der Waals surface area (Å²) < 4.78 is 5.96. The topological polar surface area (TPSA) is 21.3 Å². The molecule has 0 spiro atoms. The van der Waals surface area contributed by atoms with Crippen molar-refractivity contribution in [2.75, 3.05) is 19.7 Å². The van der Waals surface area contributed by atoms with Crippen LogP contribution in [0, 0.1) is 0 Å².